The molecule has 94 valence electrons. The van der Waals surface area contributed by atoms with Crippen LogP contribution in [0.4, 0.5) is 5.95 Å². The lowest BCUT2D eigenvalue weighted by Crippen LogP contribution is -2.23. The summed E-state index contributed by atoms with van der Waals surface area (Å²) in [6, 6.07) is 7.68. The molecule has 1 fully saturated rings. The normalized spacial score (nSPS) is 15.4. The lowest BCUT2D eigenvalue weighted by atomic mass is 10.3. The van der Waals surface area contributed by atoms with E-state index in [1.54, 1.807) is 4.57 Å². The van der Waals surface area contributed by atoms with Gasteiger partial charge in [0.05, 0.1) is 11.0 Å². The van der Waals surface area contributed by atoms with Crippen molar-refractivity contribution >= 4 is 23.0 Å². The first kappa shape index (κ1) is 11.1. The molecule has 1 N–H and O–H groups in total. The van der Waals surface area contributed by atoms with Crippen LogP contribution in [0.3, 0.4) is 0 Å². The van der Waals surface area contributed by atoms with Gasteiger partial charge in [-0.05, 0) is 25.0 Å². The third-order valence-electron chi connectivity index (χ3n) is 3.32. The summed E-state index contributed by atoms with van der Waals surface area (Å²) >= 11 is 0. The van der Waals surface area contributed by atoms with Crippen LogP contribution in [0.1, 0.15) is 12.8 Å². The van der Waals surface area contributed by atoms with Crippen LogP contribution in [0, 0.1) is 0 Å². The van der Waals surface area contributed by atoms with Gasteiger partial charge in [0.2, 0.25) is 5.95 Å². The number of carboxylic acids is 1. The zero-order valence-corrected chi connectivity index (χ0v) is 10.0. The average molecular weight is 245 g/mol. The lowest BCUT2D eigenvalue weighted by Gasteiger charge is -2.17. The Kier molecular flexibility index (Phi) is 2.66. The first-order valence-corrected chi connectivity index (χ1v) is 6.18. The van der Waals surface area contributed by atoms with E-state index < -0.39 is 5.97 Å². The molecule has 3 rings (SSSR count). The van der Waals surface area contributed by atoms with Gasteiger partial charge in [-0.1, -0.05) is 12.1 Å². The average Bonchev–Trinajstić information content (AvgIpc) is 2.96. The van der Waals surface area contributed by atoms with Gasteiger partial charge in [-0.25, -0.2) is 4.98 Å². The Bertz CT molecular complexity index is 585. The second-order valence-corrected chi connectivity index (χ2v) is 4.57. The maximum absolute atomic E-state index is 11.0. The number of nitrogens with zero attached hydrogens (tertiary/aromatic N) is 3. The van der Waals surface area contributed by atoms with E-state index in [9.17, 15) is 4.79 Å². The van der Waals surface area contributed by atoms with Crippen molar-refractivity contribution in [3.63, 3.8) is 0 Å². The SMILES string of the molecule is O=C(O)Cn1c(N2CCCC2)nc2ccccc21. The van der Waals surface area contributed by atoms with E-state index in [-0.39, 0.29) is 6.54 Å². The van der Waals surface area contributed by atoms with E-state index >= 15 is 0 Å². The van der Waals surface area contributed by atoms with Crippen molar-refractivity contribution in [3.05, 3.63) is 24.3 Å². The molecule has 0 amide bonds. The lowest BCUT2D eigenvalue weighted by molar-refractivity contribution is -0.137. The number of anilines is 1. The summed E-state index contributed by atoms with van der Waals surface area (Å²) in [6.07, 6.45) is 2.30. The van der Waals surface area contributed by atoms with E-state index in [0.717, 1.165) is 42.9 Å². The number of benzene rings is 1. The maximum atomic E-state index is 11.0. The van der Waals surface area contributed by atoms with Crippen LogP contribution in [0.5, 0.6) is 0 Å². The maximum Gasteiger partial charge on any atom is 0.323 e. The first-order chi connectivity index (χ1) is 8.75. The van der Waals surface area contributed by atoms with Crippen molar-refractivity contribution in [2.45, 2.75) is 19.4 Å². The number of aliphatic carboxylic acids is 1. The molecule has 0 aliphatic carbocycles. The van der Waals surface area contributed by atoms with Gasteiger partial charge in [-0.3, -0.25) is 9.36 Å². The van der Waals surface area contributed by atoms with Crippen molar-refractivity contribution in [1.29, 1.82) is 0 Å². The number of imidazole rings is 1. The molecule has 0 spiro atoms. The monoisotopic (exact) mass is 245 g/mol. The standard InChI is InChI=1S/C13H15N3O2/c17-12(18)9-16-11-6-2-1-5-10(11)14-13(16)15-7-3-4-8-15/h1-2,5-6H,3-4,7-9H2,(H,17,18). The Labute approximate surface area is 105 Å². The number of fused-ring (bicyclic) bond motifs is 1. The minimum absolute atomic E-state index is 0.0354. The predicted molar refractivity (Wildman–Crippen MR) is 68.8 cm³/mol. The molecule has 1 aliphatic rings. The van der Waals surface area contributed by atoms with Crippen LogP contribution in [-0.2, 0) is 11.3 Å². The Morgan fingerprint density at radius 3 is 2.72 bits per heavy atom. The number of hydrogen-bond acceptors (Lipinski definition) is 3. The number of carbonyl (C=O) groups is 1. The molecule has 2 aromatic rings. The first-order valence-electron chi connectivity index (χ1n) is 6.18. The van der Waals surface area contributed by atoms with Crippen LogP contribution >= 0.6 is 0 Å². The van der Waals surface area contributed by atoms with Gasteiger partial charge in [0.25, 0.3) is 0 Å². The number of para-hydroxylation sites is 2. The molecule has 0 radical (unpaired) electrons. The Morgan fingerprint density at radius 2 is 2.00 bits per heavy atom. The van der Waals surface area contributed by atoms with E-state index in [1.807, 2.05) is 24.3 Å². The zero-order valence-electron chi connectivity index (χ0n) is 10.0. The fourth-order valence-corrected chi connectivity index (χ4v) is 2.51. The third-order valence-corrected chi connectivity index (χ3v) is 3.32. The van der Waals surface area contributed by atoms with Gasteiger partial charge in [-0.2, -0.15) is 0 Å². The van der Waals surface area contributed by atoms with Crippen LogP contribution in [0.2, 0.25) is 0 Å². The van der Waals surface area contributed by atoms with E-state index in [0.29, 0.717) is 0 Å². The van der Waals surface area contributed by atoms with Gasteiger partial charge < -0.3 is 10.0 Å². The van der Waals surface area contributed by atoms with Gasteiger partial charge in [0.15, 0.2) is 0 Å². The molecule has 1 aliphatic heterocycles. The molecule has 1 saturated heterocycles. The highest BCUT2D eigenvalue weighted by Gasteiger charge is 2.20. The molecule has 0 atom stereocenters. The van der Waals surface area contributed by atoms with Crippen LogP contribution in [0.15, 0.2) is 24.3 Å². The van der Waals surface area contributed by atoms with Crippen LogP contribution in [-0.4, -0.2) is 33.7 Å². The summed E-state index contributed by atoms with van der Waals surface area (Å²) in [5, 5.41) is 9.04. The van der Waals surface area contributed by atoms with Gasteiger partial charge >= 0.3 is 5.97 Å². The smallest absolute Gasteiger partial charge is 0.323 e. The van der Waals surface area contributed by atoms with Gasteiger partial charge in [0, 0.05) is 13.1 Å². The Hall–Kier alpha value is -2.04. The summed E-state index contributed by atoms with van der Waals surface area (Å²) in [6.45, 7) is 1.89. The van der Waals surface area contributed by atoms with Crippen molar-refractivity contribution < 1.29 is 9.90 Å². The third kappa shape index (κ3) is 1.81. The van der Waals surface area contributed by atoms with Crippen LogP contribution < -0.4 is 4.90 Å². The fraction of sp³-hybridized carbons (Fsp3) is 0.385. The zero-order chi connectivity index (χ0) is 12.5. The summed E-state index contributed by atoms with van der Waals surface area (Å²) in [7, 11) is 0. The molecule has 0 unspecified atom stereocenters. The molecule has 2 heterocycles. The molecule has 18 heavy (non-hydrogen) atoms. The van der Waals surface area contributed by atoms with Crippen molar-refractivity contribution in [3.8, 4) is 0 Å². The summed E-state index contributed by atoms with van der Waals surface area (Å²) in [5.74, 6) is -0.0466. The molecule has 5 nitrogen and oxygen atoms in total. The second kappa shape index (κ2) is 4.33. The highest BCUT2D eigenvalue weighted by Crippen LogP contribution is 2.25. The number of carboxylic acid groups (broad SMARTS) is 1. The predicted octanol–water partition coefficient (Wildman–Crippen LogP) is 1.72. The van der Waals surface area contributed by atoms with E-state index in [4.69, 9.17) is 5.11 Å². The van der Waals surface area contributed by atoms with Crippen molar-refractivity contribution in [1.82, 2.24) is 9.55 Å². The minimum Gasteiger partial charge on any atom is -0.480 e. The summed E-state index contributed by atoms with van der Waals surface area (Å²) in [5.41, 5.74) is 1.75. The largest absolute Gasteiger partial charge is 0.480 e. The Balaban J connectivity index is 2.12. The van der Waals surface area contributed by atoms with Crippen molar-refractivity contribution in [2.24, 2.45) is 0 Å². The number of aromatic nitrogens is 2. The highest BCUT2D eigenvalue weighted by molar-refractivity contribution is 5.81. The van der Waals surface area contributed by atoms with Crippen molar-refractivity contribution in [2.75, 3.05) is 18.0 Å². The quantitative estimate of drug-likeness (QED) is 0.894. The number of rotatable bonds is 3. The van der Waals surface area contributed by atoms with E-state index in [1.165, 1.54) is 0 Å². The van der Waals surface area contributed by atoms with Gasteiger partial charge in [0.1, 0.15) is 6.54 Å². The second-order valence-electron chi connectivity index (χ2n) is 4.57. The molecule has 5 heteroatoms. The molecule has 0 bridgehead atoms. The molecular formula is C13H15N3O2. The van der Waals surface area contributed by atoms with Crippen LogP contribution in [0.25, 0.3) is 11.0 Å². The van der Waals surface area contributed by atoms with E-state index in [2.05, 4.69) is 9.88 Å². The molecular weight excluding hydrogens is 230 g/mol. The molecule has 0 saturated carbocycles. The van der Waals surface area contributed by atoms with Gasteiger partial charge in [-0.15, -0.1) is 0 Å². The summed E-state index contributed by atoms with van der Waals surface area (Å²) < 4.78 is 1.79. The molecule has 1 aromatic heterocycles. The Morgan fingerprint density at radius 1 is 1.28 bits per heavy atom. The fourth-order valence-electron chi connectivity index (χ4n) is 2.51. The minimum atomic E-state index is -0.835. The highest BCUT2D eigenvalue weighted by atomic mass is 16.4. The molecule has 1 aromatic carbocycles. The number of hydrogen-bond donors (Lipinski definition) is 1. The summed E-state index contributed by atoms with van der Waals surface area (Å²) in [4.78, 5) is 17.8. The topological polar surface area (TPSA) is 58.4 Å².